The first-order chi connectivity index (χ1) is 7.73. The molecular weight excluding hydrogens is 200 g/mol. The van der Waals surface area contributed by atoms with Gasteiger partial charge >= 0.3 is 0 Å². The summed E-state index contributed by atoms with van der Waals surface area (Å²) < 4.78 is 0. The lowest BCUT2D eigenvalue weighted by Gasteiger charge is -2.32. The van der Waals surface area contributed by atoms with Crippen molar-refractivity contribution in [3.8, 4) is 0 Å². The molecular formula is C14H20O2. The van der Waals surface area contributed by atoms with Crippen LogP contribution in [0, 0.1) is 0 Å². The van der Waals surface area contributed by atoms with Gasteiger partial charge < -0.3 is 10.2 Å². The third kappa shape index (κ3) is 2.63. The second kappa shape index (κ2) is 4.98. The van der Waals surface area contributed by atoms with E-state index in [1.807, 2.05) is 24.3 Å². The fourth-order valence-corrected chi connectivity index (χ4v) is 2.63. The molecule has 1 aliphatic rings. The molecule has 2 heteroatoms. The summed E-state index contributed by atoms with van der Waals surface area (Å²) in [7, 11) is 0. The van der Waals surface area contributed by atoms with E-state index in [0.717, 1.165) is 36.8 Å². The van der Waals surface area contributed by atoms with E-state index in [2.05, 4.69) is 0 Å². The molecule has 0 atom stereocenters. The Morgan fingerprint density at radius 3 is 2.25 bits per heavy atom. The molecule has 1 aliphatic carbocycles. The van der Waals surface area contributed by atoms with E-state index in [9.17, 15) is 10.2 Å². The molecule has 0 saturated heterocycles. The summed E-state index contributed by atoms with van der Waals surface area (Å²) >= 11 is 0. The second-order valence-corrected chi connectivity index (χ2v) is 4.89. The van der Waals surface area contributed by atoms with Gasteiger partial charge in [0.05, 0.1) is 12.2 Å². The fraction of sp³-hybridized carbons (Fsp3) is 0.571. The molecule has 2 N–H and O–H groups in total. The zero-order chi connectivity index (χ0) is 11.4. The maximum absolute atomic E-state index is 10.5. The van der Waals surface area contributed by atoms with Gasteiger partial charge in [-0.1, -0.05) is 43.5 Å². The molecule has 16 heavy (non-hydrogen) atoms. The molecule has 1 aromatic rings. The minimum Gasteiger partial charge on any atom is -0.392 e. The van der Waals surface area contributed by atoms with Gasteiger partial charge in [-0.25, -0.2) is 0 Å². The van der Waals surface area contributed by atoms with Crippen molar-refractivity contribution in [3.05, 3.63) is 35.4 Å². The van der Waals surface area contributed by atoms with Gasteiger partial charge in [0.1, 0.15) is 0 Å². The third-order valence-electron chi connectivity index (χ3n) is 3.59. The van der Waals surface area contributed by atoms with Crippen LogP contribution < -0.4 is 0 Å². The Balaban J connectivity index is 2.12. The van der Waals surface area contributed by atoms with E-state index in [1.165, 1.54) is 6.42 Å². The Bertz CT molecular complexity index is 340. The van der Waals surface area contributed by atoms with Gasteiger partial charge in [0.15, 0.2) is 0 Å². The van der Waals surface area contributed by atoms with Crippen molar-refractivity contribution in [3.63, 3.8) is 0 Å². The Kier molecular flexibility index (Phi) is 3.62. The Labute approximate surface area is 96.9 Å². The van der Waals surface area contributed by atoms with Crippen LogP contribution in [0.3, 0.4) is 0 Å². The first-order valence-corrected chi connectivity index (χ1v) is 6.13. The monoisotopic (exact) mass is 220 g/mol. The first-order valence-electron chi connectivity index (χ1n) is 6.13. The van der Waals surface area contributed by atoms with Crippen LogP contribution in [-0.2, 0) is 13.0 Å². The summed E-state index contributed by atoms with van der Waals surface area (Å²) in [6.07, 6.45) is 5.96. The zero-order valence-corrected chi connectivity index (χ0v) is 9.65. The van der Waals surface area contributed by atoms with Crippen molar-refractivity contribution in [1.82, 2.24) is 0 Å². The minimum absolute atomic E-state index is 0.0618. The molecule has 1 aromatic carbocycles. The lowest BCUT2D eigenvalue weighted by atomic mass is 9.80. The van der Waals surface area contributed by atoms with E-state index in [0.29, 0.717) is 6.42 Å². The highest BCUT2D eigenvalue weighted by atomic mass is 16.3. The minimum atomic E-state index is -0.538. The van der Waals surface area contributed by atoms with Crippen molar-refractivity contribution in [2.45, 2.75) is 50.7 Å². The van der Waals surface area contributed by atoms with E-state index in [-0.39, 0.29) is 6.61 Å². The average Bonchev–Trinajstić information content (AvgIpc) is 2.30. The summed E-state index contributed by atoms with van der Waals surface area (Å²) in [4.78, 5) is 0. The van der Waals surface area contributed by atoms with Crippen molar-refractivity contribution >= 4 is 0 Å². The molecule has 0 aromatic heterocycles. The number of hydrogen-bond donors (Lipinski definition) is 2. The van der Waals surface area contributed by atoms with Gasteiger partial charge in [-0.15, -0.1) is 0 Å². The molecule has 0 unspecified atom stereocenters. The van der Waals surface area contributed by atoms with Crippen LogP contribution in [0.2, 0.25) is 0 Å². The van der Waals surface area contributed by atoms with E-state index in [1.54, 1.807) is 0 Å². The molecule has 2 rings (SSSR count). The SMILES string of the molecule is OCc1ccccc1CC1(O)CCCCC1. The van der Waals surface area contributed by atoms with Gasteiger partial charge in [0, 0.05) is 6.42 Å². The summed E-state index contributed by atoms with van der Waals surface area (Å²) in [6, 6.07) is 7.85. The van der Waals surface area contributed by atoms with E-state index < -0.39 is 5.60 Å². The van der Waals surface area contributed by atoms with Crippen LogP contribution in [0.1, 0.15) is 43.2 Å². The standard InChI is InChI=1S/C14H20O2/c15-11-13-7-3-2-6-12(13)10-14(16)8-4-1-5-9-14/h2-3,6-7,15-16H,1,4-5,8-11H2. The molecule has 88 valence electrons. The predicted octanol–water partition coefficient (Wildman–Crippen LogP) is 2.42. The molecule has 1 fully saturated rings. The molecule has 0 aliphatic heterocycles. The summed E-state index contributed by atoms with van der Waals surface area (Å²) in [5, 5.41) is 19.7. The Hall–Kier alpha value is -0.860. The number of rotatable bonds is 3. The van der Waals surface area contributed by atoms with E-state index in [4.69, 9.17) is 0 Å². The van der Waals surface area contributed by atoms with Gasteiger partial charge in [-0.3, -0.25) is 0 Å². The summed E-state index contributed by atoms with van der Waals surface area (Å²) in [6.45, 7) is 0.0618. The van der Waals surface area contributed by atoms with Crippen LogP contribution in [0.4, 0.5) is 0 Å². The smallest absolute Gasteiger partial charge is 0.0688 e. The first kappa shape index (κ1) is 11.6. The van der Waals surface area contributed by atoms with Gasteiger partial charge in [-0.2, -0.15) is 0 Å². The number of aliphatic hydroxyl groups excluding tert-OH is 1. The van der Waals surface area contributed by atoms with Crippen LogP contribution in [0.5, 0.6) is 0 Å². The van der Waals surface area contributed by atoms with Gasteiger partial charge in [0.2, 0.25) is 0 Å². The topological polar surface area (TPSA) is 40.5 Å². The zero-order valence-electron chi connectivity index (χ0n) is 9.65. The maximum atomic E-state index is 10.5. The highest BCUT2D eigenvalue weighted by Crippen LogP contribution is 2.31. The Morgan fingerprint density at radius 2 is 1.62 bits per heavy atom. The van der Waals surface area contributed by atoms with Gasteiger partial charge in [0.25, 0.3) is 0 Å². The fourth-order valence-electron chi connectivity index (χ4n) is 2.63. The predicted molar refractivity (Wildman–Crippen MR) is 64.1 cm³/mol. The van der Waals surface area contributed by atoms with Crippen LogP contribution in [-0.4, -0.2) is 15.8 Å². The molecule has 0 spiro atoms. The largest absolute Gasteiger partial charge is 0.392 e. The summed E-state index contributed by atoms with van der Waals surface area (Å²) in [5.41, 5.74) is 1.50. The van der Waals surface area contributed by atoms with Crippen molar-refractivity contribution in [1.29, 1.82) is 0 Å². The van der Waals surface area contributed by atoms with Crippen LogP contribution in [0.25, 0.3) is 0 Å². The normalized spacial score (nSPS) is 19.6. The highest BCUT2D eigenvalue weighted by Gasteiger charge is 2.29. The highest BCUT2D eigenvalue weighted by molar-refractivity contribution is 5.28. The van der Waals surface area contributed by atoms with Crippen LogP contribution >= 0.6 is 0 Å². The number of benzene rings is 1. The van der Waals surface area contributed by atoms with Crippen molar-refractivity contribution < 1.29 is 10.2 Å². The van der Waals surface area contributed by atoms with Crippen LogP contribution in [0.15, 0.2) is 24.3 Å². The quantitative estimate of drug-likeness (QED) is 0.821. The molecule has 0 bridgehead atoms. The Morgan fingerprint density at radius 1 is 1.00 bits per heavy atom. The molecule has 2 nitrogen and oxygen atoms in total. The number of hydrogen-bond acceptors (Lipinski definition) is 2. The lowest BCUT2D eigenvalue weighted by Crippen LogP contribution is -2.34. The van der Waals surface area contributed by atoms with Crippen molar-refractivity contribution in [2.75, 3.05) is 0 Å². The van der Waals surface area contributed by atoms with E-state index >= 15 is 0 Å². The molecule has 0 amide bonds. The second-order valence-electron chi connectivity index (χ2n) is 4.89. The maximum Gasteiger partial charge on any atom is 0.0688 e. The number of aliphatic hydroxyl groups is 2. The lowest BCUT2D eigenvalue weighted by molar-refractivity contribution is 0.00415. The molecule has 0 heterocycles. The molecule has 1 saturated carbocycles. The third-order valence-corrected chi connectivity index (χ3v) is 3.59. The van der Waals surface area contributed by atoms with Crippen molar-refractivity contribution in [2.24, 2.45) is 0 Å². The van der Waals surface area contributed by atoms with Gasteiger partial charge in [-0.05, 0) is 24.0 Å². The molecule has 0 radical (unpaired) electrons. The average molecular weight is 220 g/mol. The summed E-state index contributed by atoms with van der Waals surface area (Å²) in [5.74, 6) is 0.